The smallest absolute Gasteiger partial charge is 0.180 e. The van der Waals surface area contributed by atoms with Crippen LogP contribution in [0.5, 0.6) is 5.75 Å². The van der Waals surface area contributed by atoms with Crippen molar-refractivity contribution in [3.05, 3.63) is 28.2 Å². The van der Waals surface area contributed by atoms with Crippen molar-refractivity contribution < 1.29 is 14.3 Å². The Bertz CT molecular complexity index is 393. The molecule has 0 aliphatic rings. The lowest BCUT2D eigenvalue weighted by molar-refractivity contribution is 0.0991. The van der Waals surface area contributed by atoms with Gasteiger partial charge in [-0.05, 0) is 41.1 Å². The number of carbonyl (C=O) groups is 1. The highest BCUT2D eigenvalue weighted by molar-refractivity contribution is 9.10. The monoisotopic (exact) mass is 320 g/mol. The van der Waals surface area contributed by atoms with E-state index in [0.29, 0.717) is 24.5 Å². The predicted molar refractivity (Wildman–Crippen MR) is 71.2 cm³/mol. The number of rotatable bonds is 6. The zero-order chi connectivity index (χ0) is 12.8. The molecule has 17 heavy (non-hydrogen) atoms. The predicted octanol–water partition coefficient (Wildman–Crippen LogP) is 3.28. The Hall–Kier alpha value is -0.580. The van der Waals surface area contributed by atoms with Gasteiger partial charge in [0.15, 0.2) is 5.78 Å². The Labute approximate surface area is 114 Å². The maximum atomic E-state index is 11.7. The third kappa shape index (κ3) is 4.30. The molecule has 0 amide bonds. The minimum absolute atomic E-state index is 0.101. The summed E-state index contributed by atoms with van der Waals surface area (Å²) < 4.78 is 11.1. The quantitative estimate of drug-likeness (QED) is 0.458. The molecule has 1 rings (SSSR count). The minimum Gasteiger partial charge on any atom is -0.490 e. The molecule has 1 atom stereocenters. The van der Waals surface area contributed by atoms with Crippen LogP contribution in [-0.4, -0.2) is 31.5 Å². The summed E-state index contributed by atoms with van der Waals surface area (Å²) in [6.45, 7) is 2.64. The third-order valence-corrected chi connectivity index (χ3v) is 2.94. The molecule has 1 aromatic carbocycles. The van der Waals surface area contributed by atoms with Crippen LogP contribution in [0.25, 0.3) is 0 Å². The lowest BCUT2D eigenvalue weighted by atomic mass is 10.1. The van der Waals surface area contributed by atoms with Crippen LogP contribution in [0, 0.1) is 0 Å². The zero-order valence-electron chi connectivity index (χ0n) is 9.70. The first-order valence-electron chi connectivity index (χ1n) is 5.16. The molecule has 0 heterocycles. The van der Waals surface area contributed by atoms with Crippen molar-refractivity contribution in [2.24, 2.45) is 0 Å². The summed E-state index contributed by atoms with van der Waals surface area (Å²) in [4.78, 5) is 11.7. The number of halogens is 2. The van der Waals surface area contributed by atoms with Crippen LogP contribution in [-0.2, 0) is 4.74 Å². The maximum Gasteiger partial charge on any atom is 0.180 e. The second-order valence-electron chi connectivity index (χ2n) is 3.47. The Kier molecular flexibility index (Phi) is 5.95. The van der Waals surface area contributed by atoms with Gasteiger partial charge in [0.25, 0.3) is 0 Å². The van der Waals surface area contributed by atoms with Crippen LogP contribution in [0.2, 0.25) is 0 Å². The van der Waals surface area contributed by atoms with Crippen molar-refractivity contribution in [2.75, 3.05) is 20.3 Å². The SMILES string of the molecule is COCCOc1ccc(C(=O)C(C)Cl)cc1Br. The molecule has 0 aliphatic heterocycles. The van der Waals surface area contributed by atoms with Gasteiger partial charge in [0.1, 0.15) is 12.4 Å². The molecule has 0 aliphatic carbocycles. The van der Waals surface area contributed by atoms with E-state index in [1.54, 1.807) is 32.2 Å². The Morgan fingerprint density at radius 1 is 1.47 bits per heavy atom. The van der Waals surface area contributed by atoms with E-state index in [-0.39, 0.29) is 5.78 Å². The van der Waals surface area contributed by atoms with E-state index in [2.05, 4.69) is 15.9 Å². The summed E-state index contributed by atoms with van der Waals surface area (Å²) >= 11 is 9.10. The number of alkyl halides is 1. The van der Waals surface area contributed by atoms with Crippen LogP contribution in [0.15, 0.2) is 22.7 Å². The number of carbonyl (C=O) groups excluding carboxylic acids is 1. The standard InChI is InChI=1S/C12H14BrClO3/c1-8(14)12(15)9-3-4-11(10(13)7-9)17-6-5-16-2/h3-4,7-8H,5-6H2,1-2H3. The lowest BCUT2D eigenvalue weighted by Crippen LogP contribution is -2.10. The maximum absolute atomic E-state index is 11.7. The van der Waals surface area contributed by atoms with Crippen LogP contribution in [0.3, 0.4) is 0 Å². The summed E-state index contributed by atoms with van der Waals surface area (Å²) in [6.07, 6.45) is 0. The molecule has 0 bridgehead atoms. The molecule has 3 nitrogen and oxygen atoms in total. The number of ketones is 1. The van der Waals surface area contributed by atoms with E-state index < -0.39 is 5.38 Å². The summed E-state index contributed by atoms with van der Waals surface area (Å²) in [5.74, 6) is 0.580. The highest BCUT2D eigenvalue weighted by Gasteiger charge is 2.13. The number of ether oxygens (including phenoxy) is 2. The molecule has 0 spiro atoms. The average Bonchev–Trinajstić information content (AvgIpc) is 2.30. The number of benzene rings is 1. The molecular weight excluding hydrogens is 307 g/mol. The minimum atomic E-state index is -0.526. The highest BCUT2D eigenvalue weighted by atomic mass is 79.9. The van der Waals surface area contributed by atoms with Gasteiger partial charge in [-0.25, -0.2) is 0 Å². The van der Waals surface area contributed by atoms with E-state index in [9.17, 15) is 4.79 Å². The molecule has 0 N–H and O–H groups in total. The van der Waals surface area contributed by atoms with Crippen LogP contribution >= 0.6 is 27.5 Å². The molecule has 0 saturated carbocycles. The van der Waals surface area contributed by atoms with Gasteiger partial charge in [0.05, 0.1) is 16.5 Å². The van der Waals surface area contributed by atoms with Crippen molar-refractivity contribution >= 4 is 33.3 Å². The van der Waals surface area contributed by atoms with Crippen LogP contribution in [0.1, 0.15) is 17.3 Å². The first kappa shape index (κ1) is 14.5. The molecule has 0 aromatic heterocycles. The van der Waals surface area contributed by atoms with Gasteiger partial charge in [0, 0.05) is 12.7 Å². The summed E-state index contributed by atoms with van der Waals surface area (Å²) in [6, 6.07) is 5.16. The molecule has 94 valence electrons. The van der Waals surface area contributed by atoms with E-state index in [1.807, 2.05) is 0 Å². The fraction of sp³-hybridized carbons (Fsp3) is 0.417. The third-order valence-electron chi connectivity index (χ3n) is 2.12. The Balaban J connectivity index is 2.75. The number of methoxy groups -OCH3 is 1. The molecular formula is C12H14BrClO3. The summed E-state index contributed by atoms with van der Waals surface area (Å²) in [5.41, 5.74) is 0.568. The number of hydrogen-bond donors (Lipinski definition) is 0. The topological polar surface area (TPSA) is 35.5 Å². The van der Waals surface area contributed by atoms with Crippen molar-refractivity contribution in [1.82, 2.24) is 0 Å². The summed E-state index contributed by atoms with van der Waals surface area (Å²) in [7, 11) is 1.61. The van der Waals surface area contributed by atoms with Crippen molar-refractivity contribution in [3.8, 4) is 5.75 Å². The molecule has 5 heteroatoms. The second-order valence-corrected chi connectivity index (χ2v) is 4.98. The van der Waals surface area contributed by atoms with Gasteiger partial charge in [-0.3, -0.25) is 4.79 Å². The van der Waals surface area contributed by atoms with Gasteiger partial charge >= 0.3 is 0 Å². The van der Waals surface area contributed by atoms with E-state index in [0.717, 1.165) is 4.47 Å². The Morgan fingerprint density at radius 3 is 2.71 bits per heavy atom. The van der Waals surface area contributed by atoms with E-state index >= 15 is 0 Å². The van der Waals surface area contributed by atoms with Gasteiger partial charge < -0.3 is 9.47 Å². The van der Waals surface area contributed by atoms with Crippen LogP contribution in [0.4, 0.5) is 0 Å². The molecule has 1 unspecified atom stereocenters. The first-order chi connectivity index (χ1) is 8.06. The van der Waals surface area contributed by atoms with Gasteiger partial charge in [0.2, 0.25) is 0 Å². The molecule has 0 radical (unpaired) electrons. The van der Waals surface area contributed by atoms with Crippen LogP contribution < -0.4 is 4.74 Å². The normalized spacial score (nSPS) is 12.2. The lowest BCUT2D eigenvalue weighted by Gasteiger charge is -2.09. The molecule has 0 fully saturated rings. The van der Waals surface area contributed by atoms with Crippen molar-refractivity contribution in [2.45, 2.75) is 12.3 Å². The zero-order valence-corrected chi connectivity index (χ0v) is 12.0. The molecule has 0 saturated heterocycles. The average molecular weight is 322 g/mol. The second kappa shape index (κ2) is 6.99. The fourth-order valence-corrected chi connectivity index (χ4v) is 1.86. The first-order valence-corrected chi connectivity index (χ1v) is 6.38. The summed E-state index contributed by atoms with van der Waals surface area (Å²) in [5, 5.41) is -0.526. The van der Waals surface area contributed by atoms with Crippen molar-refractivity contribution in [1.29, 1.82) is 0 Å². The van der Waals surface area contributed by atoms with E-state index in [1.165, 1.54) is 0 Å². The van der Waals surface area contributed by atoms with Gasteiger partial charge in [-0.15, -0.1) is 11.6 Å². The Morgan fingerprint density at radius 2 is 2.18 bits per heavy atom. The molecule has 1 aromatic rings. The van der Waals surface area contributed by atoms with E-state index in [4.69, 9.17) is 21.1 Å². The largest absolute Gasteiger partial charge is 0.490 e. The van der Waals surface area contributed by atoms with Gasteiger partial charge in [-0.1, -0.05) is 0 Å². The highest BCUT2D eigenvalue weighted by Crippen LogP contribution is 2.26. The fourth-order valence-electron chi connectivity index (χ4n) is 1.24. The number of hydrogen-bond acceptors (Lipinski definition) is 3. The van der Waals surface area contributed by atoms with Crippen molar-refractivity contribution in [3.63, 3.8) is 0 Å². The van der Waals surface area contributed by atoms with Gasteiger partial charge in [-0.2, -0.15) is 0 Å². The number of Topliss-reactive ketones (excluding diaryl/α,β-unsaturated/α-hetero) is 1.